The molecule has 3 nitrogen and oxygen atoms in total. The highest BCUT2D eigenvalue weighted by atomic mass is 16.5. The normalized spacial score (nSPS) is 22.6. The maximum atomic E-state index is 12.3. The van der Waals surface area contributed by atoms with Crippen molar-refractivity contribution in [3.63, 3.8) is 0 Å². The third kappa shape index (κ3) is 1.88. The van der Waals surface area contributed by atoms with E-state index in [1.165, 1.54) is 6.42 Å². The van der Waals surface area contributed by atoms with E-state index in [1.54, 1.807) is 0 Å². The van der Waals surface area contributed by atoms with E-state index in [4.69, 9.17) is 4.74 Å². The summed E-state index contributed by atoms with van der Waals surface area (Å²) in [6, 6.07) is 8.24. The summed E-state index contributed by atoms with van der Waals surface area (Å²) in [6.07, 6.45) is 4.22. The molecule has 1 aromatic carbocycles. The molecule has 2 aliphatic rings. The van der Waals surface area contributed by atoms with Gasteiger partial charge in [0.15, 0.2) is 0 Å². The van der Waals surface area contributed by atoms with Crippen LogP contribution in [0.4, 0.5) is 0 Å². The Labute approximate surface area is 108 Å². The summed E-state index contributed by atoms with van der Waals surface area (Å²) in [5.74, 6) is 1.51. The summed E-state index contributed by atoms with van der Waals surface area (Å²) in [4.78, 5) is 14.3. The second-order valence-corrected chi connectivity index (χ2v) is 5.27. The molecule has 0 aromatic heterocycles. The van der Waals surface area contributed by atoms with Gasteiger partial charge in [-0.3, -0.25) is 4.79 Å². The number of hydrogen-bond donors (Lipinski definition) is 0. The fourth-order valence-electron chi connectivity index (χ4n) is 2.82. The lowest BCUT2D eigenvalue weighted by Crippen LogP contribution is -2.40. The number of amides is 1. The number of carbonyl (C=O) groups excluding carboxylic acids is 1. The first-order valence-corrected chi connectivity index (χ1v) is 6.76. The maximum absolute atomic E-state index is 12.3. The van der Waals surface area contributed by atoms with Crippen LogP contribution in [0.25, 0.3) is 0 Å². The van der Waals surface area contributed by atoms with Crippen LogP contribution in [0, 0.1) is 5.92 Å². The summed E-state index contributed by atoms with van der Waals surface area (Å²) in [5, 5.41) is 0. The minimum absolute atomic E-state index is 0.183. The highest BCUT2D eigenvalue weighted by Gasteiger charge is 2.33. The lowest BCUT2D eigenvalue weighted by atomic mass is 9.83. The van der Waals surface area contributed by atoms with Gasteiger partial charge >= 0.3 is 0 Å². The van der Waals surface area contributed by atoms with Crippen molar-refractivity contribution in [3.05, 3.63) is 29.8 Å². The summed E-state index contributed by atoms with van der Waals surface area (Å²) < 4.78 is 5.65. The quantitative estimate of drug-likeness (QED) is 0.801. The van der Waals surface area contributed by atoms with E-state index in [0.717, 1.165) is 30.6 Å². The second-order valence-electron chi connectivity index (χ2n) is 5.27. The highest BCUT2D eigenvalue weighted by molar-refractivity contribution is 5.80. The van der Waals surface area contributed by atoms with Crippen LogP contribution in [-0.2, 0) is 4.79 Å². The average Bonchev–Trinajstić information content (AvgIpc) is 2.35. The van der Waals surface area contributed by atoms with Crippen molar-refractivity contribution in [3.8, 4) is 5.75 Å². The summed E-state index contributed by atoms with van der Waals surface area (Å²) in [5.41, 5.74) is 1.15. The van der Waals surface area contributed by atoms with Crippen molar-refractivity contribution in [1.29, 1.82) is 0 Å². The van der Waals surface area contributed by atoms with Crippen molar-refractivity contribution in [2.24, 2.45) is 5.92 Å². The minimum atomic E-state index is 0.183. The molecular weight excluding hydrogens is 226 g/mol. The van der Waals surface area contributed by atoms with Gasteiger partial charge in [-0.05, 0) is 18.9 Å². The standard InChI is InChI=1S/C15H19NO2/c1-16(15(17)11-5-4-6-11)13-9-10-18-14-8-3-2-7-12(13)14/h2-3,7-8,11,13H,4-6,9-10H2,1H3. The maximum Gasteiger partial charge on any atom is 0.225 e. The van der Waals surface area contributed by atoms with E-state index in [1.807, 2.05) is 30.1 Å². The number of rotatable bonds is 2. The van der Waals surface area contributed by atoms with E-state index in [2.05, 4.69) is 6.07 Å². The molecule has 96 valence electrons. The number of hydrogen-bond acceptors (Lipinski definition) is 2. The zero-order valence-electron chi connectivity index (χ0n) is 10.8. The molecule has 3 rings (SSSR count). The number of carbonyl (C=O) groups is 1. The Balaban J connectivity index is 1.82. The Bertz CT molecular complexity index is 454. The molecule has 1 heterocycles. The molecule has 18 heavy (non-hydrogen) atoms. The predicted octanol–water partition coefficient (Wildman–Crippen LogP) is 2.77. The van der Waals surface area contributed by atoms with Gasteiger partial charge in [-0.2, -0.15) is 0 Å². The van der Waals surface area contributed by atoms with Crippen molar-refractivity contribution in [2.75, 3.05) is 13.7 Å². The fraction of sp³-hybridized carbons (Fsp3) is 0.533. The van der Waals surface area contributed by atoms with E-state index >= 15 is 0 Å². The number of ether oxygens (including phenoxy) is 1. The molecule has 0 N–H and O–H groups in total. The summed E-state index contributed by atoms with van der Waals surface area (Å²) in [7, 11) is 1.94. The van der Waals surface area contributed by atoms with Crippen LogP contribution in [0.15, 0.2) is 24.3 Å². The first-order valence-electron chi connectivity index (χ1n) is 6.76. The minimum Gasteiger partial charge on any atom is -0.493 e. The molecule has 1 saturated carbocycles. The lowest BCUT2D eigenvalue weighted by Gasteiger charge is -2.37. The third-order valence-corrected chi connectivity index (χ3v) is 4.20. The van der Waals surface area contributed by atoms with Crippen molar-refractivity contribution in [2.45, 2.75) is 31.7 Å². The molecule has 0 saturated heterocycles. The molecule has 1 aliphatic heterocycles. The van der Waals surface area contributed by atoms with Crippen molar-refractivity contribution < 1.29 is 9.53 Å². The van der Waals surface area contributed by atoms with Gasteiger partial charge in [0.05, 0.1) is 12.6 Å². The van der Waals surface area contributed by atoms with Gasteiger partial charge in [0.1, 0.15) is 5.75 Å². The molecule has 0 bridgehead atoms. The van der Waals surface area contributed by atoms with Crippen LogP contribution in [0.3, 0.4) is 0 Å². The molecule has 0 radical (unpaired) electrons. The first kappa shape index (κ1) is 11.6. The van der Waals surface area contributed by atoms with Gasteiger partial charge in [0, 0.05) is 24.9 Å². The van der Waals surface area contributed by atoms with Crippen LogP contribution in [0.1, 0.15) is 37.3 Å². The van der Waals surface area contributed by atoms with Gasteiger partial charge in [-0.1, -0.05) is 24.6 Å². The number of benzene rings is 1. The summed E-state index contributed by atoms with van der Waals surface area (Å²) >= 11 is 0. The number of fused-ring (bicyclic) bond motifs is 1. The molecule has 3 heteroatoms. The molecular formula is C15H19NO2. The molecule has 1 aliphatic carbocycles. The van der Waals surface area contributed by atoms with Crippen LogP contribution >= 0.6 is 0 Å². The van der Waals surface area contributed by atoms with E-state index in [-0.39, 0.29) is 12.0 Å². The van der Waals surface area contributed by atoms with Crippen LogP contribution in [-0.4, -0.2) is 24.5 Å². The van der Waals surface area contributed by atoms with Crippen LogP contribution < -0.4 is 4.74 Å². The Hall–Kier alpha value is -1.51. The van der Waals surface area contributed by atoms with Gasteiger partial charge < -0.3 is 9.64 Å². The largest absolute Gasteiger partial charge is 0.493 e. The number of para-hydroxylation sites is 1. The SMILES string of the molecule is CN(C(=O)C1CCC1)C1CCOc2ccccc21. The van der Waals surface area contributed by atoms with Crippen molar-refractivity contribution in [1.82, 2.24) is 4.90 Å². The monoisotopic (exact) mass is 245 g/mol. The Morgan fingerprint density at radius 1 is 1.28 bits per heavy atom. The molecule has 1 aromatic rings. The highest BCUT2D eigenvalue weighted by Crippen LogP contribution is 2.37. The van der Waals surface area contributed by atoms with E-state index in [0.29, 0.717) is 12.5 Å². The Morgan fingerprint density at radius 2 is 2.06 bits per heavy atom. The van der Waals surface area contributed by atoms with Crippen LogP contribution in [0.2, 0.25) is 0 Å². The predicted molar refractivity (Wildman–Crippen MR) is 69.4 cm³/mol. The molecule has 0 spiro atoms. The molecule has 1 unspecified atom stereocenters. The fourth-order valence-corrected chi connectivity index (χ4v) is 2.82. The Kier molecular flexibility index (Phi) is 2.98. The molecule has 1 fully saturated rings. The second kappa shape index (κ2) is 4.63. The zero-order valence-corrected chi connectivity index (χ0v) is 10.8. The van der Waals surface area contributed by atoms with Crippen LogP contribution in [0.5, 0.6) is 5.75 Å². The number of nitrogens with zero attached hydrogens (tertiary/aromatic N) is 1. The van der Waals surface area contributed by atoms with E-state index < -0.39 is 0 Å². The van der Waals surface area contributed by atoms with Gasteiger partial charge in [0.25, 0.3) is 0 Å². The van der Waals surface area contributed by atoms with Gasteiger partial charge in [-0.25, -0.2) is 0 Å². The van der Waals surface area contributed by atoms with Crippen molar-refractivity contribution >= 4 is 5.91 Å². The van der Waals surface area contributed by atoms with Gasteiger partial charge in [-0.15, -0.1) is 0 Å². The first-order chi connectivity index (χ1) is 8.77. The van der Waals surface area contributed by atoms with Gasteiger partial charge in [0.2, 0.25) is 5.91 Å². The smallest absolute Gasteiger partial charge is 0.225 e. The lowest BCUT2D eigenvalue weighted by molar-refractivity contribution is -0.139. The molecule has 1 amide bonds. The Morgan fingerprint density at radius 3 is 2.78 bits per heavy atom. The average molecular weight is 245 g/mol. The third-order valence-electron chi connectivity index (χ3n) is 4.20. The summed E-state index contributed by atoms with van der Waals surface area (Å²) in [6.45, 7) is 0.698. The molecule has 1 atom stereocenters. The van der Waals surface area contributed by atoms with E-state index in [9.17, 15) is 4.79 Å². The zero-order chi connectivity index (χ0) is 12.5. The topological polar surface area (TPSA) is 29.5 Å².